The number of rotatable bonds is 7. The first kappa shape index (κ1) is 23.9. The highest BCUT2D eigenvalue weighted by Crippen LogP contribution is 2.34. The van der Waals surface area contributed by atoms with Crippen LogP contribution in [0.4, 0.5) is 10.5 Å². The van der Waals surface area contributed by atoms with Crippen LogP contribution >= 0.6 is 35.0 Å². The zero-order valence-electron chi connectivity index (χ0n) is 17.7. The molecule has 0 atom stereocenters. The fourth-order valence-corrected chi connectivity index (χ4v) is 4.36. The number of anilines is 1. The lowest BCUT2D eigenvalue weighted by molar-refractivity contribution is -0.123. The second-order valence-corrected chi connectivity index (χ2v) is 9.18. The van der Waals surface area contributed by atoms with Gasteiger partial charge in [-0.3, -0.25) is 19.3 Å². The minimum Gasteiger partial charge on any atom is -0.484 e. The van der Waals surface area contributed by atoms with Crippen molar-refractivity contribution >= 4 is 63.8 Å². The van der Waals surface area contributed by atoms with Crippen molar-refractivity contribution in [3.63, 3.8) is 0 Å². The van der Waals surface area contributed by atoms with Gasteiger partial charge in [0.25, 0.3) is 17.1 Å². The van der Waals surface area contributed by atoms with Crippen LogP contribution in [0.15, 0.2) is 77.7 Å². The molecule has 3 aromatic carbocycles. The molecule has 3 aromatic rings. The lowest BCUT2D eigenvalue weighted by Gasteiger charge is -2.12. The molecule has 6 nitrogen and oxygen atoms in total. The van der Waals surface area contributed by atoms with Crippen molar-refractivity contribution in [1.29, 1.82) is 0 Å². The molecule has 0 saturated carbocycles. The minimum absolute atomic E-state index is 0.147. The van der Waals surface area contributed by atoms with Gasteiger partial charge < -0.3 is 10.1 Å². The van der Waals surface area contributed by atoms with Gasteiger partial charge in [-0.15, -0.1) is 0 Å². The first-order valence-electron chi connectivity index (χ1n) is 10.2. The number of carbonyl (C=O) groups excluding carboxylic acids is 3. The topological polar surface area (TPSA) is 75.7 Å². The number of nitrogens with one attached hydrogen (secondary N) is 1. The maximum absolute atomic E-state index is 12.8. The van der Waals surface area contributed by atoms with Gasteiger partial charge in [0, 0.05) is 15.7 Å². The van der Waals surface area contributed by atoms with Crippen molar-refractivity contribution < 1.29 is 19.1 Å². The molecule has 1 aliphatic heterocycles. The summed E-state index contributed by atoms with van der Waals surface area (Å²) in [4.78, 5) is 38.8. The smallest absolute Gasteiger partial charge is 0.293 e. The van der Waals surface area contributed by atoms with E-state index in [0.29, 0.717) is 32.0 Å². The fraction of sp³-hybridized carbons (Fsp3) is 0.0800. The molecule has 0 aliphatic carbocycles. The summed E-state index contributed by atoms with van der Waals surface area (Å²) in [6.45, 7) is -0.0450. The molecule has 0 aromatic heterocycles. The molecule has 0 radical (unpaired) electrons. The number of carbonyl (C=O) groups is 3. The summed E-state index contributed by atoms with van der Waals surface area (Å²) in [7, 11) is 0. The van der Waals surface area contributed by atoms with E-state index in [1.165, 1.54) is 4.90 Å². The third-order valence-electron chi connectivity index (χ3n) is 4.76. The Kier molecular flexibility index (Phi) is 7.57. The zero-order chi connectivity index (χ0) is 24.1. The summed E-state index contributed by atoms with van der Waals surface area (Å²) in [6.07, 6.45) is 1.63. The van der Waals surface area contributed by atoms with E-state index in [4.69, 9.17) is 27.9 Å². The van der Waals surface area contributed by atoms with Gasteiger partial charge in [-0.1, -0.05) is 47.5 Å². The maximum atomic E-state index is 12.8. The summed E-state index contributed by atoms with van der Waals surface area (Å²) in [5.41, 5.74) is 2.05. The van der Waals surface area contributed by atoms with Gasteiger partial charge in [-0.25, -0.2) is 0 Å². The van der Waals surface area contributed by atoms with Gasteiger partial charge >= 0.3 is 0 Å². The lowest BCUT2D eigenvalue weighted by Crippen LogP contribution is -2.27. The molecule has 1 fully saturated rings. The van der Waals surface area contributed by atoms with Gasteiger partial charge in [0.05, 0.1) is 11.4 Å². The first-order valence-corrected chi connectivity index (χ1v) is 11.7. The number of hydrogen-bond acceptors (Lipinski definition) is 5. The van der Waals surface area contributed by atoms with E-state index in [0.717, 1.165) is 17.3 Å². The highest BCUT2D eigenvalue weighted by molar-refractivity contribution is 8.18. The maximum Gasteiger partial charge on any atom is 0.293 e. The molecule has 34 heavy (non-hydrogen) atoms. The number of ether oxygens (including phenoxy) is 1. The van der Waals surface area contributed by atoms with E-state index in [9.17, 15) is 14.4 Å². The van der Waals surface area contributed by atoms with Gasteiger partial charge in [0.2, 0.25) is 0 Å². The summed E-state index contributed by atoms with van der Waals surface area (Å²) >= 11 is 12.7. The van der Waals surface area contributed by atoms with Crippen LogP contribution in [-0.4, -0.2) is 28.6 Å². The highest BCUT2D eigenvalue weighted by atomic mass is 35.5. The van der Waals surface area contributed by atoms with Crippen LogP contribution in [0.1, 0.15) is 11.1 Å². The van der Waals surface area contributed by atoms with Crippen LogP contribution in [0.5, 0.6) is 5.75 Å². The number of nitrogens with zero attached hydrogens (tertiary/aromatic N) is 1. The number of halogens is 2. The molecule has 172 valence electrons. The number of thioether (sulfide) groups is 1. The van der Waals surface area contributed by atoms with E-state index >= 15 is 0 Å². The van der Waals surface area contributed by atoms with Crippen molar-refractivity contribution in [3.8, 4) is 5.75 Å². The van der Waals surface area contributed by atoms with E-state index < -0.39 is 0 Å². The second kappa shape index (κ2) is 10.8. The molecule has 1 N–H and O–H groups in total. The minimum atomic E-state index is -0.372. The van der Waals surface area contributed by atoms with E-state index in [2.05, 4.69) is 5.32 Å². The van der Waals surface area contributed by atoms with Gasteiger partial charge in [0.1, 0.15) is 5.75 Å². The molecule has 4 rings (SSSR count). The molecule has 1 saturated heterocycles. The Morgan fingerprint density at radius 1 is 0.971 bits per heavy atom. The van der Waals surface area contributed by atoms with Gasteiger partial charge in [-0.05, 0) is 77.5 Å². The van der Waals surface area contributed by atoms with Crippen LogP contribution in [0.3, 0.4) is 0 Å². The Labute approximate surface area is 210 Å². The summed E-state index contributed by atoms with van der Waals surface area (Å²) in [5, 5.41) is 3.49. The summed E-state index contributed by atoms with van der Waals surface area (Å²) in [5.74, 6) is -0.239. The quantitative estimate of drug-likeness (QED) is 0.378. The summed E-state index contributed by atoms with van der Waals surface area (Å²) < 4.78 is 5.58. The average molecular weight is 513 g/mol. The Bertz CT molecular complexity index is 1280. The van der Waals surface area contributed by atoms with Crippen molar-refractivity contribution in [3.05, 3.63) is 98.9 Å². The molecule has 1 heterocycles. The fourth-order valence-electron chi connectivity index (χ4n) is 3.18. The van der Waals surface area contributed by atoms with Gasteiger partial charge in [0.15, 0.2) is 6.61 Å². The van der Waals surface area contributed by atoms with E-state index in [1.54, 1.807) is 72.8 Å². The second-order valence-electron chi connectivity index (χ2n) is 7.31. The van der Waals surface area contributed by atoms with Crippen molar-refractivity contribution in [2.75, 3.05) is 11.9 Å². The van der Waals surface area contributed by atoms with Crippen LogP contribution < -0.4 is 10.1 Å². The van der Waals surface area contributed by atoms with Crippen molar-refractivity contribution in [1.82, 2.24) is 4.90 Å². The molecule has 0 bridgehead atoms. The van der Waals surface area contributed by atoms with E-state index in [1.807, 2.05) is 6.07 Å². The molecule has 0 unspecified atom stereocenters. The third-order valence-corrected chi connectivity index (χ3v) is 6.15. The van der Waals surface area contributed by atoms with Crippen molar-refractivity contribution in [2.45, 2.75) is 6.54 Å². The standard InChI is InChI=1S/C25H18Cl2N2O4S/c26-18-7-9-20(10-8-18)28-23(30)15-33-21-6-2-3-16(12-21)13-22-24(31)29(25(32)34-22)14-17-4-1-5-19(27)11-17/h1-13H,14-15H2,(H,28,30)/b22-13-. The third kappa shape index (κ3) is 6.20. The monoisotopic (exact) mass is 512 g/mol. The lowest BCUT2D eigenvalue weighted by atomic mass is 10.2. The Balaban J connectivity index is 1.38. The zero-order valence-corrected chi connectivity index (χ0v) is 20.0. The highest BCUT2D eigenvalue weighted by Gasteiger charge is 2.35. The molecular formula is C25H18Cl2N2O4S. The SMILES string of the molecule is O=C(COc1cccc(/C=C2\SC(=O)N(Cc3cccc(Cl)c3)C2=O)c1)Nc1ccc(Cl)cc1. The Hall–Kier alpha value is -3.26. The molecule has 1 aliphatic rings. The summed E-state index contributed by atoms with van der Waals surface area (Å²) in [6, 6.07) is 20.7. The molecule has 3 amide bonds. The average Bonchev–Trinajstić information content (AvgIpc) is 3.07. The van der Waals surface area contributed by atoms with Crippen LogP contribution in [0.2, 0.25) is 10.0 Å². The number of amides is 3. The molecule has 0 spiro atoms. The number of hydrogen-bond donors (Lipinski definition) is 1. The van der Waals surface area contributed by atoms with E-state index in [-0.39, 0.29) is 30.2 Å². The van der Waals surface area contributed by atoms with Crippen LogP contribution in [0.25, 0.3) is 6.08 Å². The normalized spacial score (nSPS) is 14.5. The Morgan fingerprint density at radius 2 is 1.74 bits per heavy atom. The van der Waals surface area contributed by atoms with Gasteiger partial charge in [-0.2, -0.15) is 0 Å². The largest absolute Gasteiger partial charge is 0.484 e. The predicted octanol–water partition coefficient (Wildman–Crippen LogP) is 6.25. The van der Waals surface area contributed by atoms with Crippen molar-refractivity contribution in [2.24, 2.45) is 0 Å². The molecular weight excluding hydrogens is 495 g/mol. The Morgan fingerprint density at radius 3 is 2.50 bits per heavy atom. The molecule has 9 heteroatoms. The number of benzene rings is 3. The predicted molar refractivity (Wildman–Crippen MR) is 135 cm³/mol. The number of imide groups is 1. The van der Waals surface area contributed by atoms with Crippen LogP contribution in [0, 0.1) is 0 Å². The van der Waals surface area contributed by atoms with Crippen LogP contribution in [-0.2, 0) is 16.1 Å². The first-order chi connectivity index (χ1) is 16.4.